The molecule has 8 N–H and O–H groups in total. The van der Waals surface area contributed by atoms with Gasteiger partial charge < -0.3 is 32.7 Å². The Morgan fingerprint density at radius 3 is 2.41 bits per heavy atom. The van der Waals surface area contributed by atoms with Crippen LogP contribution in [0.25, 0.3) is 5.65 Å². The highest BCUT2D eigenvalue weighted by molar-refractivity contribution is 6.29. The van der Waals surface area contributed by atoms with Crippen molar-refractivity contribution in [2.75, 3.05) is 16.0 Å². The summed E-state index contributed by atoms with van der Waals surface area (Å²) >= 11 is 5.95. The topological polar surface area (TPSA) is 194 Å². The molecule has 39 heavy (non-hydrogen) atoms. The summed E-state index contributed by atoms with van der Waals surface area (Å²) in [6, 6.07) is 4.66. The predicted octanol–water partition coefficient (Wildman–Crippen LogP) is 1.65. The number of hydrogen-bond donors (Lipinski definition) is 6. The van der Waals surface area contributed by atoms with Crippen molar-refractivity contribution in [3.05, 3.63) is 41.4 Å². The fraction of sp³-hybridized carbons (Fsp3) is 0.440. The van der Waals surface area contributed by atoms with Gasteiger partial charge in [0, 0.05) is 36.1 Å². The minimum Gasteiger partial charge on any atom is -0.379 e. The number of imidazole rings is 1. The van der Waals surface area contributed by atoms with Crippen molar-refractivity contribution in [3.8, 4) is 0 Å². The lowest BCUT2D eigenvalue weighted by molar-refractivity contribution is -0.127. The number of primary amides is 1. The second-order valence-corrected chi connectivity index (χ2v) is 10.4. The first kappa shape index (κ1) is 26.6. The molecule has 3 aromatic heterocycles. The third kappa shape index (κ3) is 6.73. The molecule has 0 aliphatic heterocycles. The smallest absolute Gasteiger partial charge is 0.276 e. The van der Waals surface area contributed by atoms with Gasteiger partial charge in [0.2, 0.25) is 11.8 Å². The van der Waals surface area contributed by atoms with Crippen LogP contribution in [0.4, 0.5) is 17.2 Å². The Kier molecular flexibility index (Phi) is 7.79. The van der Waals surface area contributed by atoms with Crippen molar-refractivity contribution in [1.29, 1.82) is 0 Å². The number of nitrogens with zero attached hydrogens (tertiary/aromatic N) is 4. The van der Waals surface area contributed by atoms with E-state index in [4.69, 9.17) is 23.1 Å². The number of nitrogens with two attached hydrogens (primary N) is 2. The Hall–Kier alpha value is -3.97. The quantitative estimate of drug-likeness (QED) is 0.202. The molecule has 2 aliphatic carbocycles. The number of aromatic nitrogens is 4. The van der Waals surface area contributed by atoms with E-state index in [1.807, 2.05) is 6.07 Å². The van der Waals surface area contributed by atoms with E-state index in [0.717, 1.165) is 44.2 Å². The molecule has 3 aromatic rings. The average Bonchev–Trinajstić information content (AvgIpc) is 3.60. The van der Waals surface area contributed by atoms with Crippen molar-refractivity contribution in [3.63, 3.8) is 0 Å². The van der Waals surface area contributed by atoms with Crippen molar-refractivity contribution in [2.45, 2.75) is 69.1 Å². The summed E-state index contributed by atoms with van der Waals surface area (Å²) in [6.07, 6.45) is 8.06. The van der Waals surface area contributed by atoms with Crippen LogP contribution in [0.2, 0.25) is 5.15 Å². The van der Waals surface area contributed by atoms with E-state index >= 15 is 0 Å². The first-order valence-corrected chi connectivity index (χ1v) is 13.3. The second-order valence-electron chi connectivity index (χ2n) is 10.0. The van der Waals surface area contributed by atoms with E-state index in [0.29, 0.717) is 23.2 Å². The number of pyridine rings is 1. The zero-order valence-electron chi connectivity index (χ0n) is 21.2. The fourth-order valence-corrected chi connectivity index (χ4v) is 4.81. The first-order chi connectivity index (χ1) is 18.7. The van der Waals surface area contributed by atoms with Gasteiger partial charge in [0.15, 0.2) is 11.3 Å². The summed E-state index contributed by atoms with van der Waals surface area (Å²) in [5, 5.41) is 17.7. The largest absolute Gasteiger partial charge is 0.379 e. The molecule has 13 nitrogen and oxygen atoms in total. The van der Waals surface area contributed by atoms with E-state index in [2.05, 4.69) is 36.3 Å². The fourth-order valence-electron chi connectivity index (χ4n) is 4.63. The van der Waals surface area contributed by atoms with Crippen LogP contribution in [0.5, 0.6) is 0 Å². The van der Waals surface area contributed by atoms with Gasteiger partial charge in [0.05, 0.1) is 24.3 Å². The number of nitrogens with one attached hydrogen (secondary N) is 4. The van der Waals surface area contributed by atoms with Crippen LogP contribution >= 0.6 is 11.6 Å². The van der Waals surface area contributed by atoms with Crippen LogP contribution in [-0.4, -0.2) is 61.5 Å². The molecule has 206 valence electrons. The predicted molar refractivity (Wildman–Crippen MR) is 146 cm³/mol. The van der Waals surface area contributed by atoms with Gasteiger partial charge in [-0.05, 0) is 50.7 Å². The van der Waals surface area contributed by atoms with Crippen LogP contribution in [0.15, 0.2) is 30.6 Å². The van der Waals surface area contributed by atoms with Crippen LogP contribution < -0.4 is 32.7 Å². The number of halogens is 1. The number of amides is 3. The van der Waals surface area contributed by atoms with E-state index in [-0.39, 0.29) is 41.2 Å². The van der Waals surface area contributed by atoms with Gasteiger partial charge in [-0.3, -0.25) is 14.4 Å². The molecule has 1 atom stereocenters. The van der Waals surface area contributed by atoms with E-state index < -0.39 is 11.9 Å². The Bertz CT molecular complexity index is 1380. The van der Waals surface area contributed by atoms with Crippen LogP contribution in [-0.2, 0) is 9.59 Å². The maximum atomic E-state index is 13.1. The highest BCUT2D eigenvalue weighted by Gasteiger charge is 2.27. The van der Waals surface area contributed by atoms with E-state index in [1.54, 1.807) is 12.1 Å². The van der Waals surface area contributed by atoms with E-state index in [9.17, 15) is 14.4 Å². The number of hydrogen-bond acceptors (Lipinski definition) is 9. The summed E-state index contributed by atoms with van der Waals surface area (Å²) in [7, 11) is 0. The molecule has 14 heteroatoms. The Morgan fingerprint density at radius 2 is 1.72 bits per heavy atom. The lowest BCUT2D eigenvalue weighted by Crippen LogP contribution is -2.48. The third-order valence-corrected chi connectivity index (χ3v) is 7.01. The molecular formula is C25H31ClN10O3. The molecule has 2 fully saturated rings. The van der Waals surface area contributed by atoms with Crippen molar-refractivity contribution in [2.24, 2.45) is 11.5 Å². The molecule has 0 unspecified atom stereocenters. The van der Waals surface area contributed by atoms with E-state index in [1.165, 1.54) is 16.9 Å². The lowest BCUT2D eigenvalue weighted by Gasteiger charge is -2.30. The van der Waals surface area contributed by atoms with Gasteiger partial charge >= 0.3 is 0 Å². The second kappa shape index (κ2) is 11.4. The number of rotatable bonds is 10. The van der Waals surface area contributed by atoms with Gasteiger partial charge in [-0.2, -0.15) is 0 Å². The molecule has 3 amide bonds. The van der Waals surface area contributed by atoms with Crippen LogP contribution in [0, 0.1) is 0 Å². The van der Waals surface area contributed by atoms with Crippen molar-refractivity contribution < 1.29 is 14.4 Å². The Balaban J connectivity index is 1.28. The highest BCUT2D eigenvalue weighted by Crippen LogP contribution is 2.30. The van der Waals surface area contributed by atoms with Gasteiger partial charge in [0.1, 0.15) is 11.0 Å². The molecule has 0 radical (unpaired) electrons. The zero-order chi connectivity index (χ0) is 27.5. The Labute approximate surface area is 229 Å². The summed E-state index contributed by atoms with van der Waals surface area (Å²) < 4.78 is 1.54. The molecule has 5 rings (SSSR count). The molecule has 2 aliphatic rings. The molecule has 2 saturated carbocycles. The third-order valence-electron chi connectivity index (χ3n) is 6.81. The van der Waals surface area contributed by atoms with Gasteiger partial charge in [-0.1, -0.05) is 11.6 Å². The standard InChI is InChI=1S/C25H31ClN10O3/c26-20-9-16(7-8-29-20)34-25(39)19-12-30-23-18(31-13-1-2-13)11-22(35-36(19)23)32-14-3-5-15(6-4-14)33-24(38)17(27)10-21(28)37/h7-9,11-15,17,31H,1-6,10,27H2,(H2,28,37)(H,32,35)(H,33,38)(H,29,34,39)/t14?,15?,17-/m0/s1. The zero-order valence-corrected chi connectivity index (χ0v) is 21.9. The number of fused-ring (bicyclic) bond motifs is 1. The van der Waals surface area contributed by atoms with Gasteiger partial charge in [-0.15, -0.1) is 5.10 Å². The molecule has 0 spiro atoms. The maximum Gasteiger partial charge on any atom is 0.276 e. The average molecular weight is 555 g/mol. The number of anilines is 3. The summed E-state index contributed by atoms with van der Waals surface area (Å²) in [6.45, 7) is 0. The maximum absolute atomic E-state index is 13.1. The normalized spacial score (nSPS) is 19.7. The minimum atomic E-state index is -0.941. The SMILES string of the molecule is NC(=O)C[C@H](N)C(=O)NC1CCC(Nc2cc(NC3CC3)c3ncc(C(=O)Nc4ccnc(Cl)c4)n3n2)CC1. The summed E-state index contributed by atoms with van der Waals surface area (Å²) in [5.41, 5.74) is 13.0. The monoisotopic (exact) mass is 554 g/mol. The number of carbonyl (C=O) groups excluding carboxylic acids is 3. The molecule has 0 aromatic carbocycles. The summed E-state index contributed by atoms with van der Waals surface area (Å²) in [4.78, 5) is 44.8. The molecule has 0 saturated heterocycles. The van der Waals surface area contributed by atoms with Crippen LogP contribution in [0.3, 0.4) is 0 Å². The molecular weight excluding hydrogens is 524 g/mol. The van der Waals surface area contributed by atoms with Gasteiger partial charge in [0.25, 0.3) is 5.91 Å². The minimum absolute atomic E-state index is 0.0253. The molecule has 3 heterocycles. The molecule has 0 bridgehead atoms. The van der Waals surface area contributed by atoms with Gasteiger partial charge in [-0.25, -0.2) is 14.5 Å². The summed E-state index contributed by atoms with van der Waals surface area (Å²) in [5.74, 6) is -0.739. The van der Waals surface area contributed by atoms with Crippen molar-refractivity contribution >= 4 is 52.2 Å². The first-order valence-electron chi connectivity index (χ1n) is 12.9. The van der Waals surface area contributed by atoms with Crippen LogP contribution in [0.1, 0.15) is 55.4 Å². The lowest BCUT2D eigenvalue weighted by atomic mass is 9.91. The highest BCUT2D eigenvalue weighted by atomic mass is 35.5. The number of carbonyl (C=O) groups is 3. The van der Waals surface area contributed by atoms with Crippen molar-refractivity contribution in [1.82, 2.24) is 24.9 Å². The Morgan fingerprint density at radius 1 is 1.03 bits per heavy atom.